The quantitative estimate of drug-likeness (QED) is 0.475. The van der Waals surface area contributed by atoms with Crippen LogP contribution in [0.15, 0.2) is 0 Å². The first kappa shape index (κ1) is 13.0. The average molecular weight is 314 g/mol. The number of hydrogen-bond donors (Lipinski definition) is 0. The molecular formula is C7H3Cl6N. The highest BCUT2D eigenvalue weighted by atomic mass is 35.6. The monoisotopic (exact) mass is 311 g/mol. The molecule has 78 valence electrons. The van der Waals surface area contributed by atoms with Gasteiger partial charge < -0.3 is 0 Å². The maximum absolute atomic E-state index is 5.90. The number of alkyl halides is 3. The summed E-state index contributed by atoms with van der Waals surface area (Å²) in [6, 6.07) is 0. The van der Waals surface area contributed by atoms with Crippen molar-refractivity contribution in [2.24, 2.45) is 0 Å². The van der Waals surface area contributed by atoms with Crippen LogP contribution < -0.4 is 0 Å². The molecule has 1 aromatic rings. The molecule has 0 aliphatic rings. The third-order valence-corrected chi connectivity index (χ3v) is 3.25. The molecule has 0 aromatic carbocycles. The second-order valence-electron chi connectivity index (χ2n) is 2.49. The predicted molar refractivity (Wildman–Crippen MR) is 63.2 cm³/mol. The number of halogens is 6. The van der Waals surface area contributed by atoms with Crippen molar-refractivity contribution >= 4 is 69.6 Å². The van der Waals surface area contributed by atoms with Gasteiger partial charge in [0.2, 0.25) is 3.79 Å². The molecule has 0 spiro atoms. The predicted octanol–water partition coefficient (Wildman–Crippen LogP) is 5.18. The lowest BCUT2D eigenvalue weighted by Gasteiger charge is -2.16. The summed E-state index contributed by atoms with van der Waals surface area (Å²) in [4.78, 5) is 3.87. The van der Waals surface area contributed by atoms with Gasteiger partial charge in [-0.05, 0) is 6.92 Å². The first-order chi connectivity index (χ1) is 6.25. The smallest absolute Gasteiger partial charge is 0.219 e. The van der Waals surface area contributed by atoms with E-state index in [1.54, 1.807) is 6.92 Å². The Labute approximate surface area is 111 Å². The van der Waals surface area contributed by atoms with E-state index in [0.717, 1.165) is 0 Å². The Hall–Kier alpha value is 0.890. The number of rotatable bonds is 0. The summed E-state index contributed by atoms with van der Waals surface area (Å²) < 4.78 is -1.72. The highest BCUT2D eigenvalue weighted by Gasteiger charge is 2.31. The average Bonchev–Trinajstić information content (AvgIpc) is 1.98. The fourth-order valence-corrected chi connectivity index (χ4v) is 2.56. The van der Waals surface area contributed by atoms with Crippen molar-refractivity contribution in [1.82, 2.24) is 4.98 Å². The molecule has 14 heavy (non-hydrogen) atoms. The van der Waals surface area contributed by atoms with Crippen molar-refractivity contribution in [2.45, 2.75) is 10.7 Å². The second kappa shape index (κ2) is 4.40. The Morgan fingerprint density at radius 3 is 1.93 bits per heavy atom. The summed E-state index contributed by atoms with van der Waals surface area (Å²) in [5.41, 5.74) is 0.616. The summed E-state index contributed by atoms with van der Waals surface area (Å²) in [7, 11) is 0. The highest BCUT2D eigenvalue weighted by molar-refractivity contribution is 6.68. The second-order valence-corrected chi connectivity index (χ2v) is 5.88. The Bertz CT molecular complexity index is 343. The van der Waals surface area contributed by atoms with Crippen molar-refractivity contribution in [1.29, 1.82) is 0 Å². The van der Waals surface area contributed by atoms with Gasteiger partial charge in [0, 0.05) is 5.56 Å². The van der Waals surface area contributed by atoms with Crippen LogP contribution in [0.25, 0.3) is 0 Å². The van der Waals surface area contributed by atoms with E-state index in [2.05, 4.69) is 4.98 Å². The molecule has 0 saturated carbocycles. The number of hydrogen-bond acceptors (Lipinski definition) is 1. The van der Waals surface area contributed by atoms with E-state index >= 15 is 0 Å². The summed E-state index contributed by atoms with van der Waals surface area (Å²) >= 11 is 34.5. The molecule has 1 heterocycles. The third kappa shape index (κ3) is 2.52. The molecule has 0 unspecified atom stereocenters. The van der Waals surface area contributed by atoms with Crippen LogP contribution in [0.4, 0.5) is 0 Å². The maximum atomic E-state index is 5.90. The lowest BCUT2D eigenvalue weighted by atomic mass is 10.2. The third-order valence-electron chi connectivity index (χ3n) is 1.49. The fourth-order valence-electron chi connectivity index (χ4n) is 0.875. The van der Waals surface area contributed by atoms with Crippen molar-refractivity contribution in [3.05, 3.63) is 26.5 Å². The lowest BCUT2D eigenvalue weighted by Crippen LogP contribution is -2.05. The molecule has 1 rings (SSSR count). The van der Waals surface area contributed by atoms with Gasteiger partial charge in [-0.2, -0.15) is 0 Å². The number of aryl methyl sites for hydroxylation is 1. The van der Waals surface area contributed by atoms with Gasteiger partial charge in [-0.3, -0.25) is 0 Å². The Kier molecular flexibility index (Phi) is 4.08. The van der Waals surface area contributed by atoms with Crippen LogP contribution in [0.3, 0.4) is 0 Å². The first-order valence-corrected chi connectivity index (χ1v) is 5.60. The summed E-state index contributed by atoms with van der Waals surface area (Å²) in [6.07, 6.45) is 0. The van der Waals surface area contributed by atoms with Gasteiger partial charge >= 0.3 is 0 Å². The molecule has 0 fully saturated rings. The molecule has 1 aromatic heterocycles. The first-order valence-electron chi connectivity index (χ1n) is 3.33. The van der Waals surface area contributed by atoms with Crippen molar-refractivity contribution in [2.75, 3.05) is 0 Å². The minimum Gasteiger partial charge on any atom is -0.238 e. The van der Waals surface area contributed by atoms with Crippen LogP contribution in [0, 0.1) is 6.92 Å². The lowest BCUT2D eigenvalue weighted by molar-refractivity contribution is 1.13. The Balaban J connectivity index is 3.56. The SMILES string of the molecule is Cc1nc(Cl)c(Cl)c(C(Cl)(Cl)Cl)c1Cl. The zero-order valence-corrected chi connectivity index (χ0v) is 11.3. The molecule has 0 atom stereocenters. The van der Waals surface area contributed by atoms with Crippen LogP contribution >= 0.6 is 69.6 Å². The Morgan fingerprint density at radius 1 is 1.00 bits per heavy atom. The summed E-state index contributed by atoms with van der Waals surface area (Å²) in [5, 5.41) is 0.330. The van der Waals surface area contributed by atoms with Crippen LogP contribution in [-0.4, -0.2) is 4.98 Å². The van der Waals surface area contributed by atoms with E-state index < -0.39 is 3.79 Å². The van der Waals surface area contributed by atoms with Crippen LogP contribution in [0.1, 0.15) is 11.3 Å². The van der Waals surface area contributed by atoms with E-state index in [1.165, 1.54) is 0 Å². The summed E-state index contributed by atoms with van der Waals surface area (Å²) in [6.45, 7) is 1.64. The van der Waals surface area contributed by atoms with E-state index in [-0.39, 0.29) is 20.8 Å². The zero-order valence-electron chi connectivity index (χ0n) is 6.72. The fraction of sp³-hybridized carbons (Fsp3) is 0.286. The van der Waals surface area contributed by atoms with Gasteiger partial charge in [0.25, 0.3) is 0 Å². The molecule has 0 radical (unpaired) electrons. The van der Waals surface area contributed by atoms with Crippen molar-refractivity contribution in [3.8, 4) is 0 Å². The van der Waals surface area contributed by atoms with Gasteiger partial charge in [0.1, 0.15) is 5.15 Å². The van der Waals surface area contributed by atoms with Crippen molar-refractivity contribution in [3.63, 3.8) is 0 Å². The minimum absolute atomic E-state index is 0.0577. The van der Waals surface area contributed by atoms with Gasteiger partial charge in [0.15, 0.2) is 0 Å². The molecule has 0 saturated heterocycles. The largest absolute Gasteiger partial charge is 0.238 e. The maximum Gasteiger partial charge on any atom is 0.219 e. The topological polar surface area (TPSA) is 12.9 Å². The van der Waals surface area contributed by atoms with Gasteiger partial charge in [-0.25, -0.2) is 4.98 Å². The van der Waals surface area contributed by atoms with E-state index in [4.69, 9.17) is 69.6 Å². The number of nitrogens with zero attached hydrogens (tertiary/aromatic N) is 1. The van der Waals surface area contributed by atoms with E-state index in [1.807, 2.05) is 0 Å². The zero-order chi connectivity index (χ0) is 11.1. The van der Waals surface area contributed by atoms with Gasteiger partial charge in [0.05, 0.1) is 15.7 Å². The van der Waals surface area contributed by atoms with E-state index in [9.17, 15) is 0 Å². The minimum atomic E-state index is -1.72. The van der Waals surface area contributed by atoms with Gasteiger partial charge in [-0.15, -0.1) is 0 Å². The Morgan fingerprint density at radius 2 is 1.50 bits per heavy atom. The molecule has 7 heteroatoms. The van der Waals surface area contributed by atoms with Gasteiger partial charge in [-0.1, -0.05) is 69.6 Å². The molecule has 0 amide bonds. The normalized spacial score (nSPS) is 11.9. The van der Waals surface area contributed by atoms with Crippen LogP contribution in [0.5, 0.6) is 0 Å². The highest BCUT2D eigenvalue weighted by Crippen LogP contribution is 2.47. The standard InChI is InChI=1S/C7H3Cl6N/c1-2-4(8)3(7(11,12)13)5(9)6(10)14-2/h1H3. The molecule has 0 N–H and O–H groups in total. The van der Waals surface area contributed by atoms with Crippen LogP contribution in [-0.2, 0) is 3.79 Å². The number of pyridine rings is 1. The molecule has 0 aliphatic carbocycles. The number of aromatic nitrogens is 1. The van der Waals surface area contributed by atoms with E-state index in [0.29, 0.717) is 5.69 Å². The molecule has 0 aliphatic heterocycles. The summed E-state index contributed by atoms with van der Waals surface area (Å²) in [5.74, 6) is 0. The van der Waals surface area contributed by atoms with Crippen LogP contribution in [0.2, 0.25) is 15.2 Å². The van der Waals surface area contributed by atoms with Crippen molar-refractivity contribution < 1.29 is 0 Å². The molecule has 0 bridgehead atoms. The molecular weight excluding hydrogens is 311 g/mol. The molecule has 1 nitrogen and oxygen atoms in total.